The molecule has 1 saturated heterocycles. The number of hydrogen-bond acceptors (Lipinski definition) is 10. The second-order valence-electron chi connectivity index (χ2n) is 17.4. The number of likely N-dealkylation sites (N-methyl/N-ethyl adjacent to an activating group) is 1. The number of nitrogens with zero attached hydrogens (tertiary/aromatic N) is 1. The SMILES string of the molecule is CNC(=O)[C@H](C)NC(=O)[C@H](CC(C)C)NC(=O)C(C)(C)NC(=O)[C@H](CC(C)C)NC(=O)C(C)(C)NC(=O)[C@H](CC(=O)O)NC(=O)[C@@H]1CCCN1C(=O)OC(C)(C)C. The highest BCUT2D eigenvalue weighted by Crippen LogP contribution is 2.22. The second kappa shape index (κ2) is 21.0. The summed E-state index contributed by atoms with van der Waals surface area (Å²) < 4.78 is 5.39. The van der Waals surface area contributed by atoms with Gasteiger partial charge in [0, 0.05) is 13.6 Å². The average Bonchev–Trinajstić information content (AvgIpc) is 3.55. The molecule has 19 nitrogen and oxygen atoms in total. The number of carboxylic acid groups (broad SMARTS) is 1. The molecule has 5 atom stereocenters. The van der Waals surface area contributed by atoms with Gasteiger partial charge in [-0.15, -0.1) is 0 Å². The summed E-state index contributed by atoms with van der Waals surface area (Å²) in [6.45, 7) is 19.5. The number of ether oxygens (including phenoxy) is 1. The fourth-order valence-corrected chi connectivity index (χ4v) is 5.81. The molecular formula is C38H66N8O11. The molecule has 0 spiro atoms. The van der Waals surface area contributed by atoms with E-state index in [0.717, 1.165) is 0 Å². The van der Waals surface area contributed by atoms with Crippen molar-refractivity contribution in [3.63, 3.8) is 0 Å². The summed E-state index contributed by atoms with van der Waals surface area (Å²) in [4.78, 5) is 118. The highest BCUT2D eigenvalue weighted by molar-refractivity contribution is 6.00. The number of carbonyl (C=O) groups is 9. The molecule has 1 rings (SSSR count). The number of likely N-dealkylation sites (tertiary alicyclic amines) is 1. The lowest BCUT2D eigenvalue weighted by molar-refractivity contribution is -0.142. The molecule has 0 aromatic heterocycles. The monoisotopic (exact) mass is 810 g/mol. The zero-order valence-corrected chi connectivity index (χ0v) is 35.8. The lowest BCUT2D eigenvalue weighted by atomic mass is 9.96. The van der Waals surface area contributed by atoms with Gasteiger partial charge >= 0.3 is 12.1 Å². The molecule has 1 heterocycles. The molecule has 0 aromatic carbocycles. The number of hydrogen-bond donors (Lipinski definition) is 8. The van der Waals surface area contributed by atoms with Crippen LogP contribution in [0.5, 0.6) is 0 Å². The van der Waals surface area contributed by atoms with Gasteiger partial charge in [0.05, 0.1) is 6.42 Å². The zero-order valence-electron chi connectivity index (χ0n) is 35.8. The van der Waals surface area contributed by atoms with Crippen molar-refractivity contribution in [1.82, 2.24) is 42.1 Å². The highest BCUT2D eigenvalue weighted by Gasteiger charge is 2.41. The fourth-order valence-electron chi connectivity index (χ4n) is 5.81. The Balaban J connectivity index is 3.14. The third-order valence-corrected chi connectivity index (χ3v) is 8.86. The van der Waals surface area contributed by atoms with Gasteiger partial charge in [0.25, 0.3) is 0 Å². The van der Waals surface area contributed by atoms with E-state index in [2.05, 4.69) is 37.2 Å². The van der Waals surface area contributed by atoms with Gasteiger partial charge in [-0.05, 0) is 92.9 Å². The summed E-state index contributed by atoms with van der Waals surface area (Å²) in [5, 5.41) is 27.4. The third kappa shape index (κ3) is 16.6. The van der Waals surface area contributed by atoms with Crippen LogP contribution in [0, 0.1) is 11.8 Å². The molecule has 0 unspecified atom stereocenters. The number of nitrogens with one attached hydrogen (secondary N) is 7. The summed E-state index contributed by atoms with van der Waals surface area (Å²) in [6, 6.07) is -5.76. The number of carbonyl (C=O) groups excluding carboxylic acids is 8. The van der Waals surface area contributed by atoms with Gasteiger partial charge in [-0.25, -0.2) is 4.79 Å². The largest absolute Gasteiger partial charge is 0.481 e. The molecule has 0 aromatic rings. The molecule has 8 N–H and O–H groups in total. The van der Waals surface area contributed by atoms with E-state index in [-0.39, 0.29) is 37.6 Å². The number of aliphatic carboxylic acids is 1. The number of amides is 8. The van der Waals surface area contributed by atoms with Gasteiger partial charge in [0.2, 0.25) is 41.4 Å². The Labute approximate surface area is 335 Å². The van der Waals surface area contributed by atoms with Crippen molar-refractivity contribution < 1.29 is 53.0 Å². The third-order valence-electron chi connectivity index (χ3n) is 8.86. The van der Waals surface area contributed by atoms with E-state index in [1.54, 1.807) is 34.6 Å². The molecule has 0 radical (unpaired) electrons. The van der Waals surface area contributed by atoms with E-state index in [1.807, 2.05) is 13.8 Å². The van der Waals surface area contributed by atoms with Crippen molar-refractivity contribution >= 4 is 53.4 Å². The minimum atomic E-state index is -1.75. The molecule has 324 valence electrons. The first kappa shape index (κ1) is 50.0. The summed E-state index contributed by atoms with van der Waals surface area (Å²) in [7, 11) is 1.43. The Hall–Kier alpha value is -4.97. The highest BCUT2D eigenvalue weighted by atomic mass is 16.6. The van der Waals surface area contributed by atoms with E-state index < -0.39 is 107 Å². The van der Waals surface area contributed by atoms with Crippen LogP contribution >= 0.6 is 0 Å². The Morgan fingerprint density at radius 2 is 1.12 bits per heavy atom. The smallest absolute Gasteiger partial charge is 0.410 e. The second-order valence-corrected chi connectivity index (χ2v) is 17.4. The van der Waals surface area contributed by atoms with Crippen LogP contribution in [0.2, 0.25) is 0 Å². The van der Waals surface area contributed by atoms with Crippen LogP contribution in [0.25, 0.3) is 0 Å². The van der Waals surface area contributed by atoms with Crippen LogP contribution < -0.4 is 37.2 Å². The normalized spacial score (nSPS) is 16.7. The summed E-state index contributed by atoms with van der Waals surface area (Å²) in [5.41, 5.74) is -4.17. The minimum Gasteiger partial charge on any atom is -0.481 e. The van der Waals surface area contributed by atoms with E-state index in [1.165, 1.54) is 46.6 Å². The molecule has 0 bridgehead atoms. The summed E-state index contributed by atoms with van der Waals surface area (Å²) in [6.07, 6.45) is -0.489. The zero-order chi connectivity index (χ0) is 44.2. The first-order valence-corrected chi connectivity index (χ1v) is 19.3. The summed E-state index contributed by atoms with van der Waals surface area (Å²) >= 11 is 0. The van der Waals surface area contributed by atoms with E-state index in [4.69, 9.17) is 4.74 Å². The van der Waals surface area contributed by atoms with Gasteiger partial charge in [0.1, 0.15) is 46.9 Å². The molecule has 1 aliphatic heterocycles. The van der Waals surface area contributed by atoms with Crippen LogP contribution in [0.15, 0.2) is 0 Å². The predicted molar refractivity (Wildman–Crippen MR) is 209 cm³/mol. The van der Waals surface area contributed by atoms with Gasteiger partial charge in [-0.2, -0.15) is 0 Å². The van der Waals surface area contributed by atoms with E-state index in [0.29, 0.717) is 6.42 Å². The molecular weight excluding hydrogens is 744 g/mol. The Bertz CT molecular complexity index is 1510. The maximum absolute atomic E-state index is 13.7. The van der Waals surface area contributed by atoms with Crippen molar-refractivity contribution in [2.75, 3.05) is 13.6 Å². The Morgan fingerprint density at radius 1 is 0.667 bits per heavy atom. The van der Waals surface area contributed by atoms with Crippen LogP contribution in [-0.2, 0) is 43.1 Å². The van der Waals surface area contributed by atoms with Gasteiger partial charge in [-0.3, -0.25) is 43.3 Å². The molecule has 57 heavy (non-hydrogen) atoms. The van der Waals surface area contributed by atoms with Crippen molar-refractivity contribution in [3.8, 4) is 0 Å². The number of carboxylic acids is 1. The lowest BCUT2D eigenvalue weighted by Crippen LogP contribution is -2.65. The van der Waals surface area contributed by atoms with Gasteiger partial charge in [-0.1, -0.05) is 27.7 Å². The molecule has 19 heteroatoms. The Morgan fingerprint density at radius 3 is 1.54 bits per heavy atom. The molecule has 0 aliphatic carbocycles. The van der Waals surface area contributed by atoms with Crippen molar-refractivity contribution in [3.05, 3.63) is 0 Å². The van der Waals surface area contributed by atoms with Crippen molar-refractivity contribution in [2.24, 2.45) is 11.8 Å². The topological polar surface area (TPSA) is 271 Å². The van der Waals surface area contributed by atoms with Crippen molar-refractivity contribution in [1.29, 1.82) is 0 Å². The van der Waals surface area contributed by atoms with Crippen molar-refractivity contribution in [2.45, 2.75) is 162 Å². The molecule has 8 amide bonds. The maximum atomic E-state index is 13.7. The van der Waals surface area contributed by atoms with Gasteiger partial charge < -0.3 is 47.1 Å². The quantitative estimate of drug-likeness (QED) is 0.0888. The van der Waals surface area contributed by atoms with Crippen LogP contribution in [0.1, 0.15) is 115 Å². The first-order valence-electron chi connectivity index (χ1n) is 19.3. The number of rotatable bonds is 19. The van der Waals surface area contributed by atoms with E-state index in [9.17, 15) is 48.3 Å². The average molecular weight is 811 g/mol. The first-order chi connectivity index (χ1) is 26.0. The van der Waals surface area contributed by atoms with Crippen LogP contribution in [0.3, 0.4) is 0 Å². The van der Waals surface area contributed by atoms with E-state index >= 15 is 0 Å². The standard InChI is InChI=1S/C38H66N8O11/c1-20(2)17-23(29(50)40-22(5)28(49)39-13)42-33(54)37(9,10)44-30(51)24(18-21(3)4)43-34(55)38(11,12)45-31(52)25(19-27(47)48)41-32(53)26-15-14-16-46(26)35(56)57-36(6,7)8/h20-26H,14-19H2,1-13H3,(H,39,49)(H,40,50)(H,41,53)(H,42,54)(H,43,55)(H,44,51)(H,45,52)(H,47,48)/t22-,23-,24-,25-,26-/m0/s1. The Kier molecular flexibility index (Phi) is 18.4. The molecule has 0 saturated carbocycles. The van der Waals surface area contributed by atoms with Crippen LogP contribution in [0.4, 0.5) is 4.79 Å². The maximum Gasteiger partial charge on any atom is 0.410 e. The minimum absolute atomic E-state index is 0.0268. The fraction of sp³-hybridized carbons (Fsp3) is 0.763. The lowest BCUT2D eigenvalue weighted by Gasteiger charge is -2.33. The summed E-state index contributed by atoms with van der Waals surface area (Å²) in [5.74, 6) is -6.62. The molecule has 1 fully saturated rings. The predicted octanol–water partition coefficient (Wildman–Crippen LogP) is 0.448. The van der Waals surface area contributed by atoms with Crippen LogP contribution in [-0.4, -0.2) is 124 Å². The molecule has 1 aliphatic rings. The van der Waals surface area contributed by atoms with Gasteiger partial charge in [0.15, 0.2) is 0 Å².